The topological polar surface area (TPSA) is 52.6 Å². The quantitative estimate of drug-likeness (QED) is 0.876. The summed E-state index contributed by atoms with van der Waals surface area (Å²) in [5, 5.41) is 11.9. The third-order valence-corrected chi connectivity index (χ3v) is 3.69. The van der Waals surface area contributed by atoms with Crippen LogP contribution >= 0.6 is 11.6 Å². The number of rotatable bonds is 5. The van der Waals surface area contributed by atoms with E-state index in [4.69, 9.17) is 11.6 Å². The summed E-state index contributed by atoms with van der Waals surface area (Å²) in [6, 6.07) is 4.08. The highest BCUT2D eigenvalue weighted by Gasteiger charge is 2.28. The summed E-state index contributed by atoms with van der Waals surface area (Å²) in [4.78, 5) is 13.7. The molecule has 4 nitrogen and oxygen atoms in total. The zero-order chi connectivity index (χ0) is 14.7. The van der Waals surface area contributed by atoms with Crippen LogP contribution in [0.1, 0.15) is 12.8 Å². The van der Waals surface area contributed by atoms with Gasteiger partial charge in [0.05, 0.1) is 17.7 Å². The second-order valence-electron chi connectivity index (χ2n) is 5.37. The zero-order valence-corrected chi connectivity index (χ0v) is 12.0. The van der Waals surface area contributed by atoms with Gasteiger partial charge in [0.15, 0.2) is 0 Å². The molecule has 0 aromatic heterocycles. The Morgan fingerprint density at radius 2 is 2.25 bits per heavy atom. The van der Waals surface area contributed by atoms with Crippen LogP contribution in [-0.4, -0.2) is 42.2 Å². The molecule has 1 aliphatic carbocycles. The Balaban J connectivity index is 1.78. The molecule has 2 rings (SSSR count). The van der Waals surface area contributed by atoms with E-state index in [9.17, 15) is 14.3 Å². The summed E-state index contributed by atoms with van der Waals surface area (Å²) in [7, 11) is 1.86. The Kier molecular flexibility index (Phi) is 4.96. The maximum Gasteiger partial charge on any atom is 0.238 e. The number of nitrogens with one attached hydrogen (secondary N) is 1. The van der Waals surface area contributed by atoms with Crippen molar-refractivity contribution in [3.8, 4) is 0 Å². The highest BCUT2D eigenvalue weighted by Crippen LogP contribution is 2.27. The summed E-state index contributed by atoms with van der Waals surface area (Å²) in [5.41, 5.74) is 0.480. The lowest BCUT2D eigenvalue weighted by Crippen LogP contribution is -2.39. The second-order valence-corrected chi connectivity index (χ2v) is 5.77. The number of benzene rings is 1. The molecule has 1 saturated carbocycles. The molecule has 1 fully saturated rings. The maximum absolute atomic E-state index is 13.0. The number of hydrogen-bond donors (Lipinski definition) is 2. The van der Waals surface area contributed by atoms with E-state index in [1.165, 1.54) is 18.2 Å². The fraction of sp³-hybridized carbons (Fsp3) is 0.500. The third-order valence-electron chi connectivity index (χ3n) is 3.40. The first kappa shape index (κ1) is 15.2. The van der Waals surface area contributed by atoms with Gasteiger partial charge in [0.25, 0.3) is 0 Å². The Labute approximate surface area is 122 Å². The molecule has 0 aliphatic heterocycles. The minimum Gasteiger partial charge on any atom is -0.393 e. The molecule has 0 radical (unpaired) electrons. The van der Waals surface area contributed by atoms with Gasteiger partial charge in [-0.05, 0) is 44.0 Å². The summed E-state index contributed by atoms with van der Waals surface area (Å²) >= 11 is 5.65. The molecular formula is C14H18ClFN2O2. The summed E-state index contributed by atoms with van der Waals surface area (Å²) < 4.78 is 13.0. The number of carbonyl (C=O) groups excluding carboxylic acids is 1. The van der Waals surface area contributed by atoms with Crippen molar-refractivity contribution in [2.24, 2.45) is 5.92 Å². The minimum atomic E-state index is -0.509. The SMILES string of the molecule is CN(CC(=O)Nc1ccc(F)c(Cl)c1)CC1CC(O)C1. The van der Waals surface area contributed by atoms with Gasteiger partial charge in [-0.1, -0.05) is 11.6 Å². The van der Waals surface area contributed by atoms with Crippen molar-refractivity contribution in [1.29, 1.82) is 0 Å². The lowest BCUT2D eigenvalue weighted by atomic mass is 9.82. The van der Waals surface area contributed by atoms with Crippen molar-refractivity contribution < 1.29 is 14.3 Å². The molecule has 0 heterocycles. The van der Waals surface area contributed by atoms with Crippen LogP contribution in [-0.2, 0) is 4.79 Å². The predicted molar refractivity (Wildman–Crippen MR) is 76.3 cm³/mol. The zero-order valence-electron chi connectivity index (χ0n) is 11.3. The lowest BCUT2D eigenvalue weighted by molar-refractivity contribution is -0.117. The molecule has 1 aromatic rings. The van der Waals surface area contributed by atoms with Gasteiger partial charge in [-0.15, -0.1) is 0 Å². The first-order chi connectivity index (χ1) is 9.44. The largest absolute Gasteiger partial charge is 0.393 e. The number of hydrogen-bond acceptors (Lipinski definition) is 3. The molecule has 1 aromatic carbocycles. The summed E-state index contributed by atoms with van der Waals surface area (Å²) in [5.74, 6) is -0.219. The van der Waals surface area contributed by atoms with Crippen molar-refractivity contribution in [2.75, 3.05) is 25.5 Å². The van der Waals surface area contributed by atoms with E-state index in [-0.39, 0.29) is 23.6 Å². The standard InChI is InChI=1S/C14H18ClFN2O2/c1-18(7-9-4-11(19)5-9)8-14(20)17-10-2-3-13(16)12(15)6-10/h2-3,6,9,11,19H,4-5,7-8H2,1H3,(H,17,20). The van der Waals surface area contributed by atoms with E-state index >= 15 is 0 Å². The molecule has 110 valence electrons. The highest BCUT2D eigenvalue weighted by molar-refractivity contribution is 6.31. The van der Waals surface area contributed by atoms with Gasteiger partial charge in [-0.2, -0.15) is 0 Å². The number of aliphatic hydroxyl groups excluding tert-OH is 1. The van der Waals surface area contributed by atoms with E-state index in [0.717, 1.165) is 19.4 Å². The first-order valence-corrected chi connectivity index (χ1v) is 6.93. The van der Waals surface area contributed by atoms with Crippen LogP contribution in [0, 0.1) is 11.7 Å². The smallest absolute Gasteiger partial charge is 0.238 e. The molecule has 0 saturated heterocycles. The number of likely N-dealkylation sites (N-methyl/N-ethyl adjacent to an activating group) is 1. The van der Waals surface area contributed by atoms with Crippen molar-refractivity contribution in [3.63, 3.8) is 0 Å². The van der Waals surface area contributed by atoms with Crippen molar-refractivity contribution in [2.45, 2.75) is 18.9 Å². The fourth-order valence-corrected chi connectivity index (χ4v) is 2.56. The fourth-order valence-electron chi connectivity index (χ4n) is 2.37. The van der Waals surface area contributed by atoms with Crippen LogP contribution in [0.15, 0.2) is 18.2 Å². The molecule has 0 bridgehead atoms. The normalized spacial score (nSPS) is 21.6. The molecule has 1 aliphatic rings. The third kappa shape index (κ3) is 4.16. The monoisotopic (exact) mass is 300 g/mol. The van der Waals surface area contributed by atoms with E-state index in [1.54, 1.807) is 0 Å². The van der Waals surface area contributed by atoms with E-state index in [1.807, 2.05) is 11.9 Å². The van der Waals surface area contributed by atoms with Gasteiger partial charge in [-0.3, -0.25) is 9.69 Å². The highest BCUT2D eigenvalue weighted by atomic mass is 35.5. The van der Waals surface area contributed by atoms with Crippen molar-refractivity contribution in [1.82, 2.24) is 4.90 Å². The second kappa shape index (κ2) is 6.52. The van der Waals surface area contributed by atoms with Crippen LogP contribution in [0.2, 0.25) is 5.02 Å². The number of anilines is 1. The Morgan fingerprint density at radius 3 is 2.85 bits per heavy atom. The van der Waals surface area contributed by atoms with Crippen molar-refractivity contribution in [3.05, 3.63) is 29.0 Å². The molecule has 0 spiro atoms. The molecule has 20 heavy (non-hydrogen) atoms. The van der Waals surface area contributed by atoms with Crippen LogP contribution in [0.25, 0.3) is 0 Å². The van der Waals surface area contributed by atoms with Crippen LogP contribution in [0.3, 0.4) is 0 Å². The number of aliphatic hydroxyl groups is 1. The first-order valence-electron chi connectivity index (χ1n) is 6.55. The Morgan fingerprint density at radius 1 is 1.55 bits per heavy atom. The molecule has 2 N–H and O–H groups in total. The Hall–Kier alpha value is -1.17. The molecule has 1 amide bonds. The Bertz CT molecular complexity index is 492. The van der Waals surface area contributed by atoms with Crippen molar-refractivity contribution >= 4 is 23.2 Å². The van der Waals surface area contributed by atoms with Crippen LogP contribution in [0.5, 0.6) is 0 Å². The van der Waals surface area contributed by atoms with E-state index in [2.05, 4.69) is 5.32 Å². The van der Waals surface area contributed by atoms with E-state index < -0.39 is 5.82 Å². The van der Waals surface area contributed by atoms with Gasteiger partial charge in [0.2, 0.25) is 5.91 Å². The van der Waals surface area contributed by atoms with Gasteiger partial charge in [-0.25, -0.2) is 4.39 Å². The number of halogens is 2. The van der Waals surface area contributed by atoms with Crippen LogP contribution < -0.4 is 5.32 Å². The minimum absolute atomic E-state index is 0.0142. The van der Waals surface area contributed by atoms with Gasteiger partial charge < -0.3 is 10.4 Å². The van der Waals surface area contributed by atoms with Gasteiger partial charge in [0, 0.05) is 12.2 Å². The van der Waals surface area contributed by atoms with Gasteiger partial charge >= 0.3 is 0 Å². The summed E-state index contributed by atoms with van der Waals surface area (Å²) in [6.45, 7) is 1.04. The molecule has 6 heteroatoms. The molecule has 0 atom stereocenters. The number of nitrogens with zero attached hydrogens (tertiary/aromatic N) is 1. The maximum atomic E-state index is 13.0. The molecular weight excluding hydrogens is 283 g/mol. The molecule has 0 unspecified atom stereocenters. The summed E-state index contributed by atoms with van der Waals surface area (Å²) in [6.07, 6.45) is 1.43. The van der Waals surface area contributed by atoms with Gasteiger partial charge in [0.1, 0.15) is 5.82 Å². The number of carbonyl (C=O) groups is 1. The predicted octanol–water partition coefficient (Wildman–Crippen LogP) is 2.12. The lowest BCUT2D eigenvalue weighted by Gasteiger charge is -2.34. The average Bonchev–Trinajstić information content (AvgIpc) is 2.31. The van der Waals surface area contributed by atoms with Crippen LogP contribution in [0.4, 0.5) is 10.1 Å². The van der Waals surface area contributed by atoms with E-state index in [0.29, 0.717) is 11.6 Å². The average molecular weight is 301 g/mol. The number of amides is 1.